The lowest BCUT2D eigenvalue weighted by Crippen LogP contribution is -2.14. The fourth-order valence-electron chi connectivity index (χ4n) is 1.20. The molecule has 0 radical (unpaired) electrons. The van der Waals surface area contributed by atoms with E-state index in [0.717, 1.165) is 6.20 Å². The Morgan fingerprint density at radius 3 is 2.69 bits per heavy atom. The Balaban J connectivity index is 2.45. The average Bonchev–Trinajstić information content (AvgIpc) is 2.61. The second kappa shape index (κ2) is 3.61. The van der Waals surface area contributed by atoms with Crippen molar-refractivity contribution in [2.45, 2.75) is 0 Å². The Morgan fingerprint density at radius 1 is 1.44 bits per heavy atom. The van der Waals surface area contributed by atoms with E-state index in [0.29, 0.717) is 5.82 Å². The topological polar surface area (TPSA) is 99.8 Å². The zero-order valence-corrected chi connectivity index (χ0v) is 8.09. The van der Waals surface area contributed by atoms with E-state index in [1.165, 1.54) is 23.0 Å². The molecule has 2 aromatic heterocycles. The molecular formula is C9H8FN5O. The van der Waals surface area contributed by atoms with Crippen LogP contribution in [0, 0.1) is 5.82 Å². The Bertz CT molecular complexity index is 533. The molecule has 0 bridgehead atoms. The summed E-state index contributed by atoms with van der Waals surface area (Å²) in [5.41, 5.74) is 10.7. The lowest BCUT2D eigenvalue weighted by atomic mass is 10.4. The molecule has 7 heteroatoms. The SMILES string of the molecule is NC(=O)c1nn(-c2ccc(F)cn2)cc1N. The second-order valence-corrected chi connectivity index (χ2v) is 3.08. The zero-order valence-electron chi connectivity index (χ0n) is 8.09. The number of pyridine rings is 1. The molecule has 0 aliphatic carbocycles. The first-order valence-electron chi connectivity index (χ1n) is 4.35. The van der Waals surface area contributed by atoms with Gasteiger partial charge in [0.1, 0.15) is 5.82 Å². The van der Waals surface area contributed by atoms with E-state index in [1.807, 2.05) is 0 Å². The number of anilines is 1. The van der Waals surface area contributed by atoms with Crippen molar-refractivity contribution in [3.8, 4) is 5.82 Å². The number of nitrogen functional groups attached to an aromatic ring is 1. The van der Waals surface area contributed by atoms with Gasteiger partial charge in [-0.25, -0.2) is 14.1 Å². The molecule has 0 unspecified atom stereocenters. The van der Waals surface area contributed by atoms with Gasteiger partial charge in [0.15, 0.2) is 11.5 Å². The van der Waals surface area contributed by atoms with Gasteiger partial charge in [-0.3, -0.25) is 4.79 Å². The molecule has 0 aromatic carbocycles. The summed E-state index contributed by atoms with van der Waals surface area (Å²) < 4.78 is 13.9. The summed E-state index contributed by atoms with van der Waals surface area (Å²) in [5.74, 6) is -0.835. The summed E-state index contributed by atoms with van der Waals surface area (Å²) in [6, 6.07) is 2.64. The molecule has 0 aliphatic heterocycles. The molecule has 0 saturated carbocycles. The van der Waals surface area contributed by atoms with Crippen LogP contribution in [0.5, 0.6) is 0 Å². The number of primary amides is 1. The van der Waals surface area contributed by atoms with Gasteiger partial charge >= 0.3 is 0 Å². The van der Waals surface area contributed by atoms with Crippen molar-refractivity contribution in [3.05, 3.63) is 36.0 Å². The standard InChI is InChI=1S/C9H8FN5O/c10-5-1-2-7(13-3-5)15-4-6(11)8(14-15)9(12)16/h1-4H,11H2,(H2,12,16). The van der Waals surface area contributed by atoms with Crippen molar-refractivity contribution in [1.29, 1.82) is 0 Å². The number of nitrogens with two attached hydrogens (primary N) is 2. The van der Waals surface area contributed by atoms with Gasteiger partial charge in [0, 0.05) is 0 Å². The highest BCUT2D eigenvalue weighted by molar-refractivity contribution is 5.95. The number of carbonyl (C=O) groups is 1. The number of aromatic nitrogens is 3. The molecule has 0 saturated heterocycles. The molecule has 0 atom stereocenters. The average molecular weight is 221 g/mol. The van der Waals surface area contributed by atoms with Gasteiger partial charge in [-0.2, -0.15) is 5.10 Å². The highest BCUT2D eigenvalue weighted by atomic mass is 19.1. The van der Waals surface area contributed by atoms with Crippen LogP contribution in [0.4, 0.5) is 10.1 Å². The Labute approximate surface area is 89.7 Å². The van der Waals surface area contributed by atoms with E-state index in [4.69, 9.17) is 11.5 Å². The third kappa shape index (κ3) is 1.70. The van der Waals surface area contributed by atoms with Crippen molar-refractivity contribution < 1.29 is 9.18 Å². The minimum absolute atomic E-state index is 0.0360. The van der Waals surface area contributed by atoms with Gasteiger partial charge in [-0.15, -0.1) is 0 Å². The van der Waals surface area contributed by atoms with E-state index in [1.54, 1.807) is 0 Å². The van der Waals surface area contributed by atoms with Crippen LogP contribution in [-0.2, 0) is 0 Å². The Kier molecular flexibility index (Phi) is 2.28. The van der Waals surface area contributed by atoms with Crippen molar-refractivity contribution in [1.82, 2.24) is 14.8 Å². The molecule has 1 amide bonds. The van der Waals surface area contributed by atoms with Crippen LogP contribution in [0.15, 0.2) is 24.5 Å². The Hall–Kier alpha value is -2.44. The molecule has 4 N–H and O–H groups in total. The van der Waals surface area contributed by atoms with Crippen LogP contribution in [0.25, 0.3) is 5.82 Å². The quantitative estimate of drug-likeness (QED) is 0.750. The van der Waals surface area contributed by atoms with Gasteiger partial charge < -0.3 is 11.5 Å². The molecule has 2 rings (SSSR count). The molecule has 0 aliphatic rings. The van der Waals surface area contributed by atoms with Gasteiger partial charge in [-0.05, 0) is 12.1 Å². The molecule has 0 spiro atoms. The van der Waals surface area contributed by atoms with Crippen molar-refractivity contribution in [3.63, 3.8) is 0 Å². The van der Waals surface area contributed by atoms with Crippen LogP contribution >= 0.6 is 0 Å². The zero-order chi connectivity index (χ0) is 11.7. The number of amides is 1. The maximum absolute atomic E-state index is 12.6. The third-order valence-electron chi connectivity index (χ3n) is 1.92. The normalized spacial score (nSPS) is 10.3. The van der Waals surface area contributed by atoms with Gasteiger partial charge in [-0.1, -0.05) is 0 Å². The molecular weight excluding hydrogens is 213 g/mol. The van der Waals surface area contributed by atoms with E-state index in [9.17, 15) is 9.18 Å². The first kappa shape index (κ1) is 10.1. The summed E-state index contributed by atoms with van der Waals surface area (Å²) in [4.78, 5) is 14.7. The lowest BCUT2D eigenvalue weighted by Gasteiger charge is -1.98. The van der Waals surface area contributed by atoms with Gasteiger partial charge in [0.2, 0.25) is 0 Å². The fraction of sp³-hybridized carbons (Fsp3) is 0. The second-order valence-electron chi connectivity index (χ2n) is 3.08. The van der Waals surface area contributed by atoms with E-state index >= 15 is 0 Å². The minimum Gasteiger partial charge on any atom is -0.396 e. The van der Waals surface area contributed by atoms with Crippen LogP contribution in [0.2, 0.25) is 0 Å². The predicted molar refractivity (Wildman–Crippen MR) is 54.2 cm³/mol. The first-order chi connectivity index (χ1) is 7.58. The highest BCUT2D eigenvalue weighted by Crippen LogP contribution is 2.12. The maximum Gasteiger partial charge on any atom is 0.271 e. The molecule has 82 valence electrons. The Morgan fingerprint density at radius 2 is 2.19 bits per heavy atom. The van der Waals surface area contributed by atoms with Crippen LogP contribution < -0.4 is 11.5 Å². The lowest BCUT2D eigenvalue weighted by molar-refractivity contribution is 0.0996. The first-order valence-corrected chi connectivity index (χ1v) is 4.35. The van der Waals surface area contributed by atoms with Crippen molar-refractivity contribution >= 4 is 11.6 Å². The molecule has 6 nitrogen and oxygen atoms in total. The van der Waals surface area contributed by atoms with E-state index in [2.05, 4.69) is 10.1 Å². The van der Waals surface area contributed by atoms with E-state index in [-0.39, 0.29) is 11.4 Å². The number of nitrogens with zero attached hydrogens (tertiary/aromatic N) is 3. The summed E-state index contributed by atoms with van der Waals surface area (Å²) in [6.45, 7) is 0. The number of halogens is 1. The fourth-order valence-corrected chi connectivity index (χ4v) is 1.20. The maximum atomic E-state index is 12.6. The third-order valence-corrected chi connectivity index (χ3v) is 1.92. The van der Waals surface area contributed by atoms with Crippen molar-refractivity contribution in [2.75, 3.05) is 5.73 Å². The van der Waals surface area contributed by atoms with Crippen molar-refractivity contribution in [2.24, 2.45) is 5.73 Å². The molecule has 2 aromatic rings. The van der Waals surface area contributed by atoms with Gasteiger partial charge in [0.25, 0.3) is 5.91 Å². The number of hydrogen-bond acceptors (Lipinski definition) is 4. The number of rotatable bonds is 2. The minimum atomic E-state index is -0.724. The van der Waals surface area contributed by atoms with Crippen LogP contribution in [0.1, 0.15) is 10.5 Å². The van der Waals surface area contributed by atoms with Crippen LogP contribution in [0.3, 0.4) is 0 Å². The molecule has 0 fully saturated rings. The highest BCUT2D eigenvalue weighted by Gasteiger charge is 2.12. The monoisotopic (exact) mass is 221 g/mol. The largest absolute Gasteiger partial charge is 0.396 e. The number of carbonyl (C=O) groups excluding carboxylic acids is 1. The summed E-state index contributed by atoms with van der Waals surface area (Å²) in [6.07, 6.45) is 2.43. The smallest absolute Gasteiger partial charge is 0.271 e. The van der Waals surface area contributed by atoms with Crippen LogP contribution in [-0.4, -0.2) is 20.7 Å². The predicted octanol–water partition coefficient (Wildman–Crippen LogP) is 0.0875. The van der Waals surface area contributed by atoms with Gasteiger partial charge in [0.05, 0.1) is 18.1 Å². The molecule has 2 heterocycles. The summed E-state index contributed by atoms with van der Waals surface area (Å²) in [5, 5.41) is 3.84. The summed E-state index contributed by atoms with van der Waals surface area (Å²) in [7, 11) is 0. The molecule has 16 heavy (non-hydrogen) atoms. The van der Waals surface area contributed by atoms with E-state index < -0.39 is 11.7 Å². The number of hydrogen-bond donors (Lipinski definition) is 2. The summed E-state index contributed by atoms with van der Waals surface area (Å²) >= 11 is 0.